The van der Waals surface area contributed by atoms with Gasteiger partial charge in [0.05, 0.1) is 23.6 Å². The van der Waals surface area contributed by atoms with Crippen LogP contribution in [0.25, 0.3) is 10.9 Å². The zero-order chi connectivity index (χ0) is 21.3. The molecule has 0 saturated heterocycles. The van der Waals surface area contributed by atoms with Crippen LogP contribution in [0, 0.1) is 5.92 Å². The fourth-order valence-electron chi connectivity index (χ4n) is 3.95. The van der Waals surface area contributed by atoms with Crippen molar-refractivity contribution < 1.29 is 14.0 Å². The molecule has 0 fully saturated rings. The maximum absolute atomic E-state index is 13.5. The molecule has 0 unspecified atom stereocenters. The van der Waals surface area contributed by atoms with E-state index in [-0.39, 0.29) is 24.1 Å². The van der Waals surface area contributed by atoms with Crippen LogP contribution >= 0.6 is 11.8 Å². The van der Waals surface area contributed by atoms with Crippen LogP contribution < -0.4 is 5.32 Å². The summed E-state index contributed by atoms with van der Waals surface area (Å²) in [5, 5.41) is 5.05. The third-order valence-corrected chi connectivity index (χ3v) is 6.66. The summed E-state index contributed by atoms with van der Waals surface area (Å²) in [5.41, 5.74) is 1.96. The normalized spacial score (nSPS) is 16.7. The quantitative estimate of drug-likeness (QED) is 0.645. The molecule has 3 heterocycles. The van der Waals surface area contributed by atoms with Gasteiger partial charge in [-0.25, -0.2) is 0 Å². The maximum Gasteiger partial charge on any atom is 0.247 e. The van der Waals surface area contributed by atoms with E-state index in [1.165, 1.54) is 11.8 Å². The predicted octanol–water partition coefficient (Wildman–Crippen LogP) is 4.11. The predicted molar refractivity (Wildman–Crippen MR) is 118 cm³/mol. The Kier molecular flexibility index (Phi) is 5.90. The molecule has 0 spiro atoms. The summed E-state index contributed by atoms with van der Waals surface area (Å²) < 4.78 is 7.60. The van der Waals surface area contributed by atoms with Gasteiger partial charge in [0.1, 0.15) is 11.8 Å². The van der Waals surface area contributed by atoms with Crippen molar-refractivity contribution in [2.24, 2.45) is 13.0 Å². The average Bonchev–Trinajstić information content (AvgIpc) is 3.29. The molecular weight excluding hydrogens is 398 g/mol. The Hall–Kier alpha value is -2.67. The molecule has 2 aromatic heterocycles. The van der Waals surface area contributed by atoms with Crippen molar-refractivity contribution in [2.45, 2.75) is 37.9 Å². The van der Waals surface area contributed by atoms with Crippen molar-refractivity contribution >= 4 is 34.5 Å². The molecule has 6 nitrogen and oxygen atoms in total. The summed E-state index contributed by atoms with van der Waals surface area (Å²) in [5.74, 6) is 1.23. The van der Waals surface area contributed by atoms with Gasteiger partial charge in [-0.15, -0.1) is 0 Å². The smallest absolute Gasteiger partial charge is 0.247 e. The van der Waals surface area contributed by atoms with Gasteiger partial charge < -0.3 is 19.2 Å². The Balaban J connectivity index is 1.80. The summed E-state index contributed by atoms with van der Waals surface area (Å²) in [6.45, 7) is 5.11. The molecule has 0 aliphatic carbocycles. The third kappa shape index (κ3) is 3.86. The molecule has 1 aromatic carbocycles. The van der Waals surface area contributed by atoms with Crippen LogP contribution in [0.5, 0.6) is 0 Å². The molecule has 0 radical (unpaired) electrons. The largest absolute Gasteiger partial charge is 0.467 e. The van der Waals surface area contributed by atoms with Crippen molar-refractivity contribution in [3.05, 3.63) is 54.0 Å². The Bertz CT molecular complexity index is 1060. The Morgan fingerprint density at radius 1 is 1.27 bits per heavy atom. The number of para-hydroxylation sites is 1. The minimum Gasteiger partial charge on any atom is -0.467 e. The minimum atomic E-state index is -0.703. The highest BCUT2D eigenvalue weighted by Gasteiger charge is 2.39. The van der Waals surface area contributed by atoms with E-state index in [9.17, 15) is 9.59 Å². The molecule has 2 amide bonds. The van der Waals surface area contributed by atoms with Crippen molar-refractivity contribution in [3.63, 3.8) is 0 Å². The van der Waals surface area contributed by atoms with E-state index in [1.807, 2.05) is 31.3 Å². The zero-order valence-corrected chi connectivity index (χ0v) is 18.4. The van der Waals surface area contributed by atoms with E-state index in [4.69, 9.17) is 4.42 Å². The van der Waals surface area contributed by atoms with Crippen LogP contribution in [0.1, 0.15) is 37.6 Å². The van der Waals surface area contributed by atoms with E-state index in [2.05, 4.69) is 29.8 Å². The van der Waals surface area contributed by atoms with Crippen molar-refractivity contribution in [2.75, 3.05) is 12.3 Å². The van der Waals surface area contributed by atoms with Crippen LogP contribution in [0.4, 0.5) is 0 Å². The van der Waals surface area contributed by atoms with Gasteiger partial charge in [-0.05, 0) is 30.5 Å². The number of aryl methyl sites for hydroxylation is 1. The second-order valence-electron chi connectivity index (χ2n) is 8.06. The van der Waals surface area contributed by atoms with E-state index < -0.39 is 6.04 Å². The van der Waals surface area contributed by atoms with Crippen molar-refractivity contribution in [1.82, 2.24) is 14.8 Å². The lowest BCUT2D eigenvalue weighted by Crippen LogP contribution is -2.43. The standard InChI is InChI=1S/C23H27N3O3S/c1-15(2)10-11-24-22(28)21-20-17-8-4-5-9-18(17)25(3)23(20)30-14-19(27)26(21)13-16-7-6-12-29-16/h4-9,12,15,21H,10-11,13-14H2,1-3H3,(H,24,28)/t21-/m0/s1. The van der Waals surface area contributed by atoms with Gasteiger partial charge in [0.15, 0.2) is 0 Å². The molecule has 4 rings (SSSR count). The summed E-state index contributed by atoms with van der Waals surface area (Å²) in [6.07, 6.45) is 2.48. The van der Waals surface area contributed by atoms with Crippen molar-refractivity contribution in [3.8, 4) is 0 Å². The van der Waals surface area contributed by atoms with E-state index in [0.717, 1.165) is 27.9 Å². The number of amides is 2. The molecule has 1 aliphatic heterocycles. The molecule has 7 heteroatoms. The van der Waals surface area contributed by atoms with Crippen LogP contribution in [0.3, 0.4) is 0 Å². The number of thioether (sulfide) groups is 1. The summed E-state index contributed by atoms with van der Waals surface area (Å²) in [4.78, 5) is 28.3. The number of furan rings is 1. The first-order valence-electron chi connectivity index (χ1n) is 10.3. The third-order valence-electron chi connectivity index (χ3n) is 5.50. The first-order chi connectivity index (χ1) is 14.5. The summed E-state index contributed by atoms with van der Waals surface area (Å²) >= 11 is 1.50. The average molecular weight is 426 g/mol. The first-order valence-corrected chi connectivity index (χ1v) is 11.3. The van der Waals surface area contributed by atoms with Crippen LogP contribution in [0.2, 0.25) is 0 Å². The van der Waals surface area contributed by atoms with Crippen LogP contribution in [-0.2, 0) is 23.2 Å². The number of nitrogens with zero attached hydrogens (tertiary/aromatic N) is 2. The number of aromatic nitrogens is 1. The lowest BCUT2D eigenvalue weighted by molar-refractivity contribution is -0.139. The molecule has 30 heavy (non-hydrogen) atoms. The summed E-state index contributed by atoms with van der Waals surface area (Å²) in [7, 11) is 1.99. The topological polar surface area (TPSA) is 67.5 Å². The zero-order valence-electron chi connectivity index (χ0n) is 17.6. The SMILES string of the molecule is CC(C)CCNC(=O)[C@@H]1c2c(n(C)c3ccccc23)SCC(=O)N1Cc1ccco1. The fourth-order valence-corrected chi connectivity index (χ4v) is 5.05. The highest BCUT2D eigenvalue weighted by atomic mass is 32.2. The molecule has 0 bridgehead atoms. The number of hydrogen-bond donors (Lipinski definition) is 1. The molecule has 1 aliphatic rings. The number of nitrogens with one attached hydrogen (secondary N) is 1. The summed E-state index contributed by atoms with van der Waals surface area (Å²) in [6, 6.07) is 11.0. The number of fused-ring (bicyclic) bond motifs is 3. The Morgan fingerprint density at radius 3 is 2.80 bits per heavy atom. The Morgan fingerprint density at radius 2 is 2.07 bits per heavy atom. The molecular formula is C23H27N3O3S. The highest BCUT2D eigenvalue weighted by molar-refractivity contribution is 8.00. The second kappa shape index (κ2) is 8.60. The van der Waals surface area contributed by atoms with Gasteiger partial charge >= 0.3 is 0 Å². The van der Waals surface area contributed by atoms with Gasteiger partial charge in [0.2, 0.25) is 11.8 Å². The lowest BCUT2D eigenvalue weighted by atomic mass is 10.0. The van der Waals surface area contributed by atoms with E-state index in [1.54, 1.807) is 17.2 Å². The van der Waals surface area contributed by atoms with Crippen molar-refractivity contribution in [1.29, 1.82) is 0 Å². The first kappa shape index (κ1) is 20.6. The molecule has 0 saturated carbocycles. The van der Waals surface area contributed by atoms with Gasteiger partial charge in [0, 0.05) is 30.1 Å². The maximum atomic E-state index is 13.5. The number of hydrogen-bond acceptors (Lipinski definition) is 4. The number of carbonyl (C=O) groups is 2. The number of carbonyl (C=O) groups excluding carboxylic acids is 2. The van der Waals surface area contributed by atoms with Gasteiger partial charge in [0.25, 0.3) is 0 Å². The van der Waals surface area contributed by atoms with E-state index in [0.29, 0.717) is 18.2 Å². The Labute approximate surface area is 180 Å². The van der Waals surface area contributed by atoms with Crippen LogP contribution in [-0.4, -0.2) is 33.6 Å². The molecule has 3 aromatic rings. The van der Waals surface area contributed by atoms with Gasteiger partial charge in [-0.2, -0.15) is 0 Å². The monoisotopic (exact) mass is 425 g/mol. The molecule has 1 N–H and O–H groups in total. The highest BCUT2D eigenvalue weighted by Crippen LogP contribution is 2.42. The number of benzene rings is 1. The second-order valence-corrected chi connectivity index (χ2v) is 9.02. The number of rotatable bonds is 6. The van der Waals surface area contributed by atoms with Gasteiger partial charge in [-0.3, -0.25) is 9.59 Å². The van der Waals surface area contributed by atoms with Gasteiger partial charge in [-0.1, -0.05) is 43.8 Å². The lowest BCUT2D eigenvalue weighted by Gasteiger charge is -2.29. The van der Waals surface area contributed by atoms with E-state index >= 15 is 0 Å². The molecule has 1 atom stereocenters. The van der Waals surface area contributed by atoms with Crippen LogP contribution in [0.15, 0.2) is 52.1 Å². The molecule has 158 valence electrons. The minimum absolute atomic E-state index is 0.0688. The fraction of sp³-hybridized carbons (Fsp3) is 0.391.